The Bertz CT molecular complexity index is 584. The summed E-state index contributed by atoms with van der Waals surface area (Å²) < 4.78 is 11.2. The third-order valence-electron chi connectivity index (χ3n) is 4.22. The van der Waals surface area contributed by atoms with E-state index in [1.807, 2.05) is 19.1 Å². The molecule has 0 spiro atoms. The summed E-state index contributed by atoms with van der Waals surface area (Å²) in [7, 11) is 0. The molecule has 27 heavy (non-hydrogen) atoms. The second-order valence-corrected chi connectivity index (χ2v) is 7.17. The van der Waals surface area contributed by atoms with Gasteiger partial charge >= 0.3 is 0 Å². The van der Waals surface area contributed by atoms with Crippen LogP contribution < -0.4 is 10.6 Å². The fourth-order valence-corrected chi connectivity index (χ4v) is 3.38. The Labute approximate surface area is 189 Å². The minimum absolute atomic E-state index is 0. The van der Waals surface area contributed by atoms with Crippen molar-refractivity contribution in [2.24, 2.45) is 4.99 Å². The Balaban J connectivity index is 0.00000364. The maximum atomic E-state index is 6.29. The molecule has 8 heteroatoms. The zero-order valence-electron chi connectivity index (χ0n) is 16.0. The van der Waals surface area contributed by atoms with Gasteiger partial charge < -0.3 is 20.1 Å². The molecule has 1 aromatic rings. The van der Waals surface area contributed by atoms with Gasteiger partial charge in [0.2, 0.25) is 0 Å². The standard InChI is InChI=1S/C19H29Cl2N3O2.HI/c1-3-22-19(23-9-4-10-26-16-7-11-25-12-8-16)24-14(2)17-6-5-15(20)13-18(17)21;/h5-6,13-14,16H,3-4,7-12H2,1-2H3,(H2,22,23,24);1H. The van der Waals surface area contributed by atoms with Gasteiger partial charge in [-0.25, -0.2) is 0 Å². The zero-order valence-corrected chi connectivity index (χ0v) is 19.8. The molecule has 1 fully saturated rings. The average molecular weight is 530 g/mol. The lowest BCUT2D eigenvalue weighted by Gasteiger charge is -2.22. The SMILES string of the molecule is CCNC(=NCCCOC1CCOCC1)NC(C)c1ccc(Cl)cc1Cl.I. The number of nitrogens with zero attached hydrogens (tertiary/aromatic N) is 1. The summed E-state index contributed by atoms with van der Waals surface area (Å²) in [5, 5.41) is 7.94. The number of guanidine groups is 1. The molecular formula is C19H30Cl2IN3O2. The largest absolute Gasteiger partial charge is 0.381 e. The first-order valence-corrected chi connectivity index (χ1v) is 10.0. The van der Waals surface area contributed by atoms with Crippen molar-refractivity contribution < 1.29 is 9.47 Å². The summed E-state index contributed by atoms with van der Waals surface area (Å²) >= 11 is 12.3. The smallest absolute Gasteiger partial charge is 0.191 e. The molecule has 2 rings (SSSR count). The third-order valence-corrected chi connectivity index (χ3v) is 4.78. The number of hydrogen-bond donors (Lipinski definition) is 2. The van der Waals surface area contributed by atoms with Crippen molar-refractivity contribution in [2.75, 3.05) is 32.9 Å². The van der Waals surface area contributed by atoms with Gasteiger partial charge in [0.1, 0.15) is 0 Å². The number of rotatable bonds is 8. The Hall–Kier alpha value is -0.280. The predicted octanol–water partition coefficient (Wildman–Crippen LogP) is 4.81. The second kappa shape index (κ2) is 13.8. The quantitative estimate of drug-likeness (QED) is 0.219. The molecule has 5 nitrogen and oxygen atoms in total. The van der Waals surface area contributed by atoms with Gasteiger partial charge in [0, 0.05) is 43.0 Å². The molecule has 1 atom stereocenters. The van der Waals surface area contributed by atoms with Crippen LogP contribution in [0.25, 0.3) is 0 Å². The van der Waals surface area contributed by atoms with Gasteiger partial charge in [-0.05, 0) is 50.8 Å². The van der Waals surface area contributed by atoms with E-state index >= 15 is 0 Å². The van der Waals surface area contributed by atoms with Gasteiger partial charge in [-0.1, -0.05) is 29.3 Å². The van der Waals surface area contributed by atoms with Crippen molar-refractivity contribution >= 4 is 53.1 Å². The minimum atomic E-state index is 0. The summed E-state index contributed by atoms with van der Waals surface area (Å²) in [4.78, 5) is 4.63. The van der Waals surface area contributed by atoms with E-state index in [0.29, 0.717) is 22.7 Å². The fraction of sp³-hybridized carbons (Fsp3) is 0.632. The molecule has 0 amide bonds. The Kier molecular flexibility index (Phi) is 12.7. The van der Waals surface area contributed by atoms with Crippen LogP contribution in [0.2, 0.25) is 10.0 Å². The topological polar surface area (TPSA) is 54.9 Å². The predicted molar refractivity (Wildman–Crippen MR) is 124 cm³/mol. The molecule has 0 aromatic heterocycles. The number of ether oxygens (including phenoxy) is 2. The van der Waals surface area contributed by atoms with Crippen molar-refractivity contribution in [3.63, 3.8) is 0 Å². The minimum Gasteiger partial charge on any atom is -0.381 e. The Morgan fingerprint density at radius 1 is 1.33 bits per heavy atom. The van der Waals surface area contributed by atoms with Crippen molar-refractivity contribution in [1.82, 2.24) is 10.6 Å². The lowest BCUT2D eigenvalue weighted by Crippen LogP contribution is -2.39. The van der Waals surface area contributed by atoms with Crippen LogP contribution in [0, 0.1) is 0 Å². The number of aliphatic imine (C=N–C) groups is 1. The van der Waals surface area contributed by atoms with Crippen LogP contribution in [0.5, 0.6) is 0 Å². The highest BCUT2D eigenvalue weighted by Crippen LogP contribution is 2.26. The third kappa shape index (κ3) is 9.17. The first-order chi connectivity index (χ1) is 12.6. The van der Waals surface area contributed by atoms with Crippen molar-refractivity contribution in [3.05, 3.63) is 33.8 Å². The molecule has 0 aliphatic carbocycles. The van der Waals surface area contributed by atoms with Crippen LogP contribution >= 0.6 is 47.2 Å². The highest BCUT2D eigenvalue weighted by atomic mass is 127. The summed E-state index contributed by atoms with van der Waals surface area (Å²) in [6.45, 7) is 7.95. The summed E-state index contributed by atoms with van der Waals surface area (Å²) in [5.74, 6) is 0.775. The van der Waals surface area contributed by atoms with E-state index in [4.69, 9.17) is 32.7 Å². The van der Waals surface area contributed by atoms with Crippen molar-refractivity contribution in [3.8, 4) is 0 Å². The van der Waals surface area contributed by atoms with Gasteiger partial charge in [-0.3, -0.25) is 4.99 Å². The Morgan fingerprint density at radius 3 is 2.74 bits per heavy atom. The maximum absolute atomic E-state index is 6.29. The van der Waals surface area contributed by atoms with E-state index in [1.165, 1.54) is 0 Å². The van der Waals surface area contributed by atoms with E-state index in [9.17, 15) is 0 Å². The molecule has 1 aliphatic heterocycles. The monoisotopic (exact) mass is 529 g/mol. The van der Waals surface area contributed by atoms with Gasteiger partial charge in [-0.15, -0.1) is 24.0 Å². The first-order valence-electron chi connectivity index (χ1n) is 9.29. The van der Waals surface area contributed by atoms with E-state index in [2.05, 4.69) is 22.5 Å². The van der Waals surface area contributed by atoms with Crippen LogP contribution in [0.3, 0.4) is 0 Å². The summed E-state index contributed by atoms with van der Waals surface area (Å²) in [6, 6.07) is 5.57. The molecule has 1 aromatic carbocycles. The maximum Gasteiger partial charge on any atom is 0.191 e. The van der Waals surface area contributed by atoms with E-state index in [0.717, 1.165) is 57.2 Å². The van der Waals surface area contributed by atoms with Crippen LogP contribution in [0.15, 0.2) is 23.2 Å². The van der Waals surface area contributed by atoms with Gasteiger partial charge in [-0.2, -0.15) is 0 Å². The summed E-state index contributed by atoms with van der Waals surface area (Å²) in [6.07, 6.45) is 3.22. The fourth-order valence-electron chi connectivity index (χ4n) is 2.80. The van der Waals surface area contributed by atoms with Gasteiger partial charge in [0.05, 0.1) is 12.1 Å². The lowest BCUT2D eigenvalue weighted by molar-refractivity contribution is -0.0318. The van der Waals surface area contributed by atoms with Crippen LogP contribution in [0.4, 0.5) is 0 Å². The number of nitrogens with one attached hydrogen (secondary N) is 2. The van der Waals surface area contributed by atoms with Gasteiger partial charge in [0.15, 0.2) is 5.96 Å². The molecule has 0 radical (unpaired) electrons. The van der Waals surface area contributed by atoms with Crippen molar-refractivity contribution in [1.29, 1.82) is 0 Å². The van der Waals surface area contributed by atoms with Crippen molar-refractivity contribution in [2.45, 2.75) is 45.3 Å². The molecule has 1 aliphatic rings. The lowest BCUT2D eigenvalue weighted by atomic mass is 10.1. The molecule has 1 heterocycles. The number of benzene rings is 1. The van der Waals surface area contributed by atoms with E-state index in [1.54, 1.807) is 6.07 Å². The normalized spacial score (nSPS) is 16.5. The average Bonchev–Trinajstić information content (AvgIpc) is 2.62. The molecular weight excluding hydrogens is 500 g/mol. The number of halogens is 3. The van der Waals surface area contributed by atoms with E-state index < -0.39 is 0 Å². The molecule has 154 valence electrons. The first kappa shape index (κ1) is 24.8. The summed E-state index contributed by atoms with van der Waals surface area (Å²) in [5.41, 5.74) is 0.990. The molecule has 1 saturated heterocycles. The molecule has 2 N–H and O–H groups in total. The van der Waals surface area contributed by atoms with Crippen LogP contribution in [-0.2, 0) is 9.47 Å². The highest BCUT2D eigenvalue weighted by molar-refractivity contribution is 14.0. The molecule has 0 saturated carbocycles. The van der Waals surface area contributed by atoms with Crippen LogP contribution in [-0.4, -0.2) is 45.0 Å². The Morgan fingerprint density at radius 2 is 2.07 bits per heavy atom. The zero-order chi connectivity index (χ0) is 18.8. The molecule has 0 bridgehead atoms. The highest BCUT2D eigenvalue weighted by Gasteiger charge is 2.14. The second-order valence-electron chi connectivity index (χ2n) is 6.33. The van der Waals surface area contributed by atoms with E-state index in [-0.39, 0.29) is 30.0 Å². The van der Waals surface area contributed by atoms with Crippen LogP contribution in [0.1, 0.15) is 44.7 Å². The number of hydrogen-bond acceptors (Lipinski definition) is 3. The molecule has 1 unspecified atom stereocenters. The van der Waals surface area contributed by atoms with Gasteiger partial charge in [0.25, 0.3) is 0 Å².